The first-order chi connectivity index (χ1) is 9.56. The Morgan fingerprint density at radius 2 is 1.90 bits per heavy atom. The number of benzene rings is 1. The number of hydrogen-bond acceptors (Lipinski definition) is 5. The van der Waals surface area contributed by atoms with Crippen LogP contribution in [0.1, 0.15) is 16.1 Å². The monoisotopic (exact) mass is 290 g/mol. The third-order valence-corrected chi connectivity index (χ3v) is 3.38. The molecule has 0 aliphatic rings. The molecule has 0 radical (unpaired) electrons. The highest BCUT2D eigenvalue weighted by atomic mass is 32.2. The average molecular weight is 290 g/mol. The van der Waals surface area contributed by atoms with Crippen molar-refractivity contribution in [3.63, 3.8) is 0 Å². The summed E-state index contributed by atoms with van der Waals surface area (Å²) in [6.07, 6.45) is 1.85. The number of carboxylic acid groups (broad SMARTS) is 1. The van der Waals surface area contributed by atoms with Gasteiger partial charge in [-0.1, -0.05) is 11.8 Å². The van der Waals surface area contributed by atoms with E-state index in [2.05, 4.69) is 9.97 Å². The van der Waals surface area contributed by atoms with Gasteiger partial charge in [-0.25, -0.2) is 14.8 Å². The van der Waals surface area contributed by atoms with E-state index in [4.69, 9.17) is 4.74 Å². The standard InChI is InChI=1S/C14H14N2O3S/c1-8-11(13(17)18)12(16-14(15-8)20-3)9-4-6-10(19-2)7-5-9/h4-7H,1-3H3,(H,17,18). The molecule has 2 rings (SSSR count). The van der Waals surface area contributed by atoms with Gasteiger partial charge in [0, 0.05) is 5.56 Å². The number of hydrogen-bond donors (Lipinski definition) is 1. The molecule has 0 amide bonds. The van der Waals surface area contributed by atoms with Crippen LogP contribution in [0.3, 0.4) is 0 Å². The van der Waals surface area contributed by atoms with Crippen molar-refractivity contribution in [2.45, 2.75) is 12.1 Å². The summed E-state index contributed by atoms with van der Waals surface area (Å²) in [6, 6.07) is 7.13. The molecule has 0 aliphatic carbocycles. The molecule has 0 fully saturated rings. The maximum Gasteiger partial charge on any atom is 0.339 e. The normalized spacial score (nSPS) is 10.3. The summed E-state index contributed by atoms with van der Waals surface area (Å²) in [5.74, 6) is -0.317. The quantitative estimate of drug-likeness (QED) is 0.689. The summed E-state index contributed by atoms with van der Waals surface area (Å²) in [5.41, 5.74) is 1.75. The van der Waals surface area contributed by atoms with Crippen LogP contribution >= 0.6 is 11.8 Å². The molecule has 0 spiro atoms. The average Bonchev–Trinajstić information content (AvgIpc) is 2.46. The highest BCUT2D eigenvalue weighted by molar-refractivity contribution is 7.98. The van der Waals surface area contributed by atoms with Crippen LogP contribution in [0.2, 0.25) is 0 Å². The lowest BCUT2D eigenvalue weighted by molar-refractivity contribution is 0.0696. The number of aryl methyl sites for hydroxylation is 1. The Morgan fingerprint density at radius 1 is 1.25 bits per heavy atom. The Labute approximate surface area is 121 Å². The molecule has 0 saturated carbocycles. The Hall–Kier alpha value is -2.08. The van der Waals surface area contributed by atoms with Crippen molar-refractivity contribution in [3.8, 4) is 17.0 Å². The number of aromatic carboxylic acids is 1. The van der Waals surface area contributed by atoms with Crippen LogP contribution < -0.4 is 4.74 Å². The molecule has 0 bridgehead atoms. The fourth-order valence-corrected chi connectivity index (χ4v) is 2.26. The summed E-state index contributed by atoms with van der Waals surface area (Å²) in [7, 11) is 1.58. The van der Waals surface area contributed by atoms with Gasteiger partial charge in [-0.2, -0.15) is 0 Å². The lowest BCUT2D eigenvalue weighted by Gasteiger charge is -2.10. The minimum absolute atomic E-state index is 0.132. The number of ether oxygens (including phenoxy) is 1. The van der Waals surface area contributed by atoms with Crippen LogP contribution in [0.15, 0.2) is 29.4 Å². The maximum atomic E-state index is 11.4. The van der Waals surface area contributed by atoms with E-state index in [-0.39, 0.29) is 5.56 Å². The van der Waals surface area contributed by atoms with Crippen LogP contribution in [0.25, 0.3) is 11.3 Å². The van der Waals surface area contributed by atoms with E-state index >= 15 is 0 Å². The largest absolute Gasteiger partial charge is 0.497 e. The number of thioether (sulfide) groups is 1. The van der Waals surface area contributed by atoms with Gasteiger partial charge in [0.2, 0.25) is 0 Å². The molecule has 20 heavy (non-hydrogen) atoms. The van der Waals surface area contributed by atoms with Gasteiger partial charge in [-0.15, -0.1) is 0 Å². The lowest BCUT2D eigenvalue weighted by atomic mass is 10.0. The van der Waals surface area contributed by atoms with E-state index in [0.29, 0.717) is 22.3 Å². The third kappa shape index (κ3) is 2.75. The zero-order valence-electron chi connectivity index (χ0n) is 11.4. The van der Waals surface area contributed by atoms with Gasteiger partial charge in [0.15, 0.2) is 5.16 Å². The molecule has 104 valence electrons. The first-order valence-electron chi connectivity index (χ1n) is 5.87. The van der Waals surface area contributed by atoms with Crippen molar-refractivity contribution in [1.29, 1.82) is 0 Å². The minimum atomic E-state index is -1.03. The Kier molecular flexibility index (Phi) is 4.24. The molecule has 0 aliphatic heterocycles. The summed E-state index contributed by atoms with van der Waals surface area (Å²) in [6.45, 7) is 1.68. The van der Waals surface area contributed by atoms with Crippen molar-refractivity contribution in [2.24, 2.45) is 0 Å². The molecule has 6 heteroatoms. The van der Waals surface area contributed by atoms with Gasteiger partial charge in [0.25, 0.3) is 0 Å². The van der Waals surface area contributed by atoms with Crippen molar-refractivity contribution in [1.82, 2.24) is 9.97 Å². The van der Waals surface area contributed by atoms with Gasteiger partial charge in [-0.05, 0) is 37.4 Å². The number of aromatic nitrogens is 2. The van der Waals surface area contributed by atoms with Crippen molar-refractivity contribution >= 4 is 17.7 Å². The molecule has 1 aromatic carbocycles. The fraction of sp³-hybridized carbons (Fsp3) is 0.214. The zero-order valence-corrected chi connectivity index (χ0v) is 12.2. The second-order valence-corrected chi connectivity index (χ2v) is 4.83. The second-order valence-electron chi connectivity index (χ2n) is 4.05. The Bertz CT molecular complexity index is 642. The smallest absolute Gasteiger partial charge is 0.339 e. The first-order valence-corrected chi connectivity index (χ1v) is 7.09. The Morgan fingerprint density at radius 3 is 2.40 bits per heavy atom. The molecule has 5 nitrogen and oxygen atoms in total. The van der Waals surface area contributed by atoms with Gasteiger partial charge in [-0.3, -0.25) is 0 Å². The zero-order chi connectivity index (χ0) is 14.7. The van der Waals surface area contributed by atoms with Crippen molar-refractivity contribution in [2.75, 3.05) is 13.4 Å². The van der Waals surface area contributed by atoms with Crippen molar-refractivity contribution in [3.05, 3.63) is 35.5 Å². The van der Waals surface area contributed by atoms with E-state index < -0.39 is 5.97 Å². The molecule has 1 heterocycles. The summed E-state index contributed by atoms with van der Waals surface area (Å²) in [5, 5.41) is 9.91. The van der Waals surface area contributed by atoms with E-state index in [1.807, 2.05) is 6.26 Å². The second kappa shape index (κ2) is 5.92. The highest BCUT2D eigenvalue weighted by Crippen LogP contribution is 2.27. The van der Waals surface area contributed by atoms with Crippen LogP contribution in [0, 0.1) is 6.92 Å². The number of nitrogens with zero attached hydrogens (tertiary/aromatic N) is 2. The Balaban J connectivity index is 2.63. The topological polar surface area (TPSA) is 72.3 Å². The van der Waals surface area contributed by atoms with Crippen molar-refractivity contribution < 1.29 is 14.6 Å². The molecular weight excluding hydrogens is 276 g/mol. The van der Waals surface area contributed by atoms with E-state index in [1.54, 1.807) is 38.3 Å². The molecule has 0 atom stereocenters. The van der Waals surface area contributed by atoms with Gasteiger partial charge in [0.1, 0.15) is 11.3 Å². The molecule has 1 aromatic heterocycles. The van der Waals surface area contributed by atoms with E-state index in [1.165, 1.54) is 11.8 Å². The third-order valence-electron chi connectivity index (χ3n) is 2.83. The predicted octanol–water partition coefficient (Wildman–Crippen LogP) is 2.88. The van der Waals surface area contributed by atoms with Gasteiger partial charge in [0.05, 0.1) is 18.5 Å². The molecule has 1 N–H and O–H groups in total. The van der Waals surface area contributed by atoms with E-state index in [0.717, 1.165) is 5.56 Å². The summed E-state index contributed by atoms with van der Waals surface area (Å²) < 4.78 is 5.10. The van der Waals surface area contributed by atoms with E-state index in [9.17, 15) is 9.90 Å². The van der Waals surface area contributed by atoms with Gasteiger partial charge >= 0.3 is 5.97 Å². The molecule has 0 saturated heterocycles. The summed E-state index contributed by atoms with van der Waals surface area (Å²) >= 11 is 1.38. The van der Waals surface area contributed by atoms with Crippen LogP contribution in [-0.4, -0.2) is 34.4 Å². The number of carboxylic acids is 1. The molecular formula is C14H14N2O3S. The molecule has 2 aromatic rings. The number of methoxy groups -OCH3 is 1. The molecule has 0 unspecified atom stereocenters. The van der Waals surface area contributed by atoms with Crippen LogP contribution in [0.4, 0.5) is 0 Å². The summed E-state index contributed by atoms with van der Waals surface area (Å²) in [4.78, 5) is 19.9. The SMILES string of the molecule is COc1ccc(-c2nc(SC)nc(C)c2C(=O)O)cc1. The fourth-order valence-electron chi connectivity index (χ4n) is 1.85. The highest BCUT2D eigenvalue weighted by Gasteiger charge is 2.19. The van der Waals surface area contributed by atoms with Crippen LogP contribution in [0.5, 0.6) is 5.75 Å². The first kappa shape index (κ1) is 14.3. The number of carbonyl (C=O) groups is 1. The van der Waals surface area contributed by atoms with Gasteiger partial charge < -0.3 is 9.84 Å². The predicted molar refractivity (Wildman–Crippen MR) is 77.5 cm³/mol. The minimum Gasteiger partial charge on any atom is -0.497 e. The maximum absolute atomic E-state index is 11.4. The lowest BCUT2D eigenvalue weighted by Crippen LogP contribution is -2.08. The van der Waals surface area contributed by atoms with Crippen LogP contribution in [-0.2, 0) is 0 Å². The number of rotatable bonds is 4.